The van der Waals surface area contributed by atoms with Crippen LogP contribution in [0.5, 0.6) is 0 Å². The van der Waals surface area contributed by atoms with E-state index in [9.17, 15) is 4.79 Å². The van der Waals surface area contributed by atoms with Crippen LogP contribution in [0.25, 0.3) is 0 Å². The molecule has 1 saturated heterocycles. The molecule has 1 amide bonds. The minimum absolute atomic E-state index is 0.284. The largest absolute Gasteiger partial charge is 0.444 e. The highest BCUT2D eigenvalue weighted by Crippen LogP contribution is 2.36. The van der Waals surface area contributed by atoms with Crippen molar-refractivity contribution in [2.45, 2.75) is 44.8 Å². The van der Waals surface area contributed by atoms with E-state index in [-0.39, 0.29) is 11.6 Å². The molecule has 5 heteroatoms. The van der Waals surface area contributed by atoms with Gasteiger partial charge in [-0.1, -0.05) is 6.07 Å². The fraction of sp³-hybridized carbons (Fsp3) is 0.625. The third kappa shape index (κ3) is 3.53. The molecular formula is C16H25N3O2. The molecule has 2 rings (SSSR count). The van der Waals surface area contributed by atoms with Crippen LogP contribution in [0.2, 0.25) is 0 Å². The Hall–Kier alpha value is -1.62. The molecule has 1 fully saturated rings. The lowest BCUT2D eigenvalue weighted by molar-refractivity contribution is -0.00376. The highest BCUT2D eigenvalue weighted by atomic mass is 16.6. The van der Waals surface area contributed by atoms with Gasteiger partial charge in [0.25, 0.3) is 0 Å². The van der Waals surface area contributed by atoms with Crippen LogP contribution in [0.15, 0.2) is 24.5 Å². The van der Waals surface area contributed by atoms with Gasteiger partial charge < -0.3 is 15.0 Å². The van der Waals surface area contributed by atoms with E-state index in [2.05, 4.69) is 10.3 Å². The van der Waals surface area contributed by atoms with Crippen molar-refractivity contribution in [1.29, 1.82) is 0 Å². The van der Waals surface area contributed by atoms with Gasteiger partial charge in [0.05, 0.1) is 5.54 Å². The Kier molecular flexibility index (Phi) is 4.52. The van der Waals surface area contributed by atoms with E-state index in [4.69, 9.17) is 4.74 Å². The number of nitrogens with zero attached hydrogens (tertiary/aromatic N) is 2. The van der Waals surface area contributed by atoms with Gasteiger partial charge in [-0.05, 0) is 58.3 Å². The van der Waals surface area contributed by atoms with Crippen molar-refractivity contribution in [2.75, 3.05) is 20.1 Å². The number of pyridine rings is 1. The van der Waals surface area contributed by atoms with Gasteiger partial charge >= 0.3 is 6.09 Å². The number of carbonyl (C=O) groups excluding carboxylic acids is 1. The molecule has 1 aliphatic rings. The van der Waals surface area contributed by atoms with Crippen molar-refractivity contribution >= 4 is 6.09 Å². The first kappa shape index (κ1) is 15.8. The van der Waals surface area contributed by atoms with Crippen LogP contribution in [-0.2, 0) is 10.3 Å². The zero-order valence-corrected chi connectivity index (χ0v) is 13.3. The van der Waals surface area contributed by atoms with Crippen molar-refractivity contribution in [1.82, 2.24) is 15.2 Å². The van der Waals surface area contributed by atoms with Gasteiger partial charge in [-0.25, -0.2) is 4.79 Å². The van der Waals surface area contributed by atoms with E-state index >= 15 is 0 Å². The van der Waals surface area contributed by atoms with Crippen LogP contribution in [0, 0.1) is 0 Å². The molecular weight excluding hydrogens is 266 g/mol. The number of aromatic nitrogens is 1. The van der Waals surface area contributed by atoms with Crippen LogP contribution < -0.4 is 5.32 Å². The van der Waals surface area contributed by atoms with Crippen molar-refractivity contribution in [3.05, 3.63) is 30.1 Å². The Morgan fingerprint density at radius 3 is 2.57 bits per heavy atom. The van der Waals surface area contributed by atoms with Crippen LogP contribution >= 0.6 is 0 Å². The highest BCUT2D eigenvalue weighted by molar-refractivity contribution is 5.69. The summed E-state index contributed by atoms with van der Waals surface area (Å²) in [6.45, 7) is 7.41. The number of hydrogen-bond donors (Lipinski definition) is 1. The standard InChI is InChI=1S/C16H25N3O2/c1-15(2,3)21-14(20)19(4)16(7-10-17-11-8-16)13-6-5-9-18-12-13/h5-6,9,12,17H,7-8,10-11H2,1-4H3. The molecule has 0 aromatic carbocycles. The Morgan fingerprint density at radius 2 is 2.05 bits per heavy atom. The summed E-state index contributed by atoms with van der Waals surface area (Å²) in [6.07, 6.45) is 5.04. The van der Waals surface area contributed by atoms with Gasteiger partial charge in [0.15, 0.2) is 0 Å². The van der Waals surface area contributed by atoms with Gasteiger partial charge in [0.2, 0.25) is 0 Å². The number of piperidine rings is 1. The first-order valence-corrected chi connectivity index (χ1v) is 7.43. The molecule has 2 heterocycles. The van der Waals surface area contributed by atoms with Gasteiger partial charge in [-0.3, -0.25) is 4.98 Å². The highest BCUT2D eigenvalue weighted by Gasteiger charge is 2.41. The number of carbonyl (C=O) groups is 1. The van der Waals surface area contributed by atoms with E-state index < -0.39 is 5.60 Å². The van der Waals surface area contributed by atoms with Crippen LogP contribution in [-0.4, -0.2) is 41.7 Å². The second-order valence-corrected chi connectivity index (χ2v) is 6.56. The quantitative estimate of drug-likeness (QED) is 0.909. The van der Waals surface area contributed by atoms with Crippen molar-refractivity contribution in [3.63, 3.8) is 0 Å². The Morgan fingerprint density at radius 1 is 1.38 bits per heavy atom. The number of nitrogens with one attached hydrogen (secondary N) is 1. The minimum atomic E-state index is -0.492. The molecule has 1 aromatic heterocycles. The van der Waals surface area contributed by atoms with E-state index in [1.54, 1.807) is 11.1 Å². The van der Waals surface area contributed by atoms with E-state index in [0.29, 0.717) is 0 Å². The molecule has 1 N–H and O–H groups in total. The molecule has 0 aliphatic carbocycles. The Balaban J connectivity index is 2.30. The summed E-state index contributed by atoms with van der Waals surface area (Å²) in [5.74, 6) is 0. The fourth-order valence-electron chi connectivity index (χ4n) is 2.80. The molecule has 1 aliphatic heterocycles. The lowest BCUT2D eigenvalue weighted by atomic mass is 9.81. The van der Waals surface area contributed by atoms with Gasteiger partial charge in [0.1, 0.15) is 5.60 Å². The number of amides is 1. The lowest BCUT2D eigenvalue weighted by Crippen LogP contribution is -2.53. The fourth-order valence-corrected chi connectivity index (χ4v) is 2.80. The van der Waals surface area contributed by atoms with E-state index in [0.717, 1.165) is 31.5 Å². The third-order valence-corrected chi connectivity index (χ3v) is 3.94. The summed E-state index contributed by atoms with van der Waals surface area (Å²) in [5, 5.41) is 3.35. The first-order valence-electron chi connectivity index (χ1n) is 7.43. The maximum atomic E-state index is 12.5. The average molecular weight is 291 g/mol. The Bertz CT molecular complexity index is 476. The molecule has 5 nitrogen and oxygen atoms in total. The van der Waals surface area contributed by atoms with Crippen LogP contribution in [0.3, 0.4) is 0 Å². The zero-order valence-electron chi connectivity index (χ0n) is 13.3. The summed E-state index contributed by atoms with van der Waals surface area (Å²) in [7, 11) is 1.83. The molecule has 0 saturated carbocycles. The van der Waals surface area contributed by atoms with E-state index in [1.807, 2.05) is 46.1 Å². The predicted octanol–water partition coefficient (Wildman–Crippen LogP) is 2.53. The number of rotatable bonds is 2. The summed E-state index contributed by atoms with van der Waals surface area (Å²) >= 11 is 0. The molecule has 0 unspecified atom stereocenters. The van der Waals surface area contributed by atoms with Crippen LogP contribution in [0.4, 0.5) is 4.79 Å². The van der Waals surface area contributed by atoms with Crippen molar-refractivity contribution < 1.29 is 9.53 Å². The predicted molar refractivity (Wildman–Crippen MR) is 82.0 cm³/mol. The second kappa shape index (κ2) is 6.02. The van der Waals surface area contributed by atoms with Crippen molar-refractivity contribution in [2.24, 2.45) is 0 Å². The molecule has 0 radical (unpaired) electrons. The Labute approximate surface area is 126 Å². The topological polar surface area (TPSA) is 54.5 Å². The van der Waals surface area contributed by atoms with Crippen molar-refractivity contribution in [3.8, 4) is 0 Å². The number of hydrogen-bond acceptors (Lipinski definition) is 4. The lowest BCUT2D eigenvalue weighted by Gasteiger charge is -2.45. The zero-order chi connectivity index (χ0) is 15.5. The molecule has 0 spiro atoms. The van der Waals surface area contributed by atoms with Gasteiger partial charge in [-0.15, -0.1) is 0 Å². The molecule has 116 valence electrons. The monoisotopic (exact) mass is 291 g/mol. The van der Waals surface area contributed by atoms with E-state index in [1.165, 1.54) is 0 Å². The number of ether oxygens (including phenoxy) is 1. The SMILES string of the molecule is CN(C(=O)OC(C)(C)C)C1(c2cccnc2)CCNCC1. The molecule has 0 bridgehead atoms. The average Bonchev–Trinajstić information content (AvgIpc) is 2.46. The smallest absolute Gasteiger partial charge is 0.410 e. The minimum Gasteiger partial charge on any atom is -0.444 e. The summed E-state index contributed by atoms with van der Waals surface area (Å²) in [6, 6.07) is 3.96. The summed E-state index contributed by atoms with van der Waals surface area (Å²) < 4.78 is 5.55. The normalized spacial score (nSPS) is 18.1. The summed E-state index contributed by atoms with van der Waals surface area (Å²) in [5.41, 5.74) is 0.232. The maximum Gasteiger partial charge on any atom is 0.410 e. The molecule has 21 heavy (non-hydrogen) atoms. The molecule has 1 aromatic rings. The maximum absolute atomic E-state index is 12.5. The molecule has 0 atom stereocenters. The van der Waals surface area contributed by atoms with Crippen LogP contribution in [0.1, 0.15) is 39.2 Å². The van der Waals surface area contributed by atoms with Gasteiger partial charge in [0, 0.05) is 19.4 Å². The summed E-state index contributed by atoms with van der Waals surface area (Å²) in [4.78, 5) is 18.5. The second-order valence-electron chi connectivity index (χ2n) is 6.56. The van der Waals surface area contributed by atoms with Gasteiger partial charge in [-0.2, -0.15) is 0 Å². The third-order valence-electron chi connectivity index (χ3n) is 3.94. The first-order chi connectivity index (χ1) is 9.85.